The van der Waals surface area contributed by atoms with E-state index in [0.717, 1.165) is 23.6 Å². The summed E-state index contributed by atoms with van der Waals surface area (Å²) < 4.78 is 27.2. The average Bonchev–Trinajstić information content (AvgIpc) is 3.27. The van der Waals surface area contributed by atoms with Crippen LogP contribution in [-0.2, 0) is 24.2 Å². The van der Waals surface area contributed by atoms with E-state index in [2.05, 4.69) is 66.4 Å². The van der Waals surface area contributed by atoms with E-state index in [1.807, 2.05) is 0 Å². The number of halogens is 2. The van der Waals surface area contributed by atoms with Gasteiger partial charge in [0.1, 0.15) is 11.6 Å². The second kappa shape index (κ2) is 11.9. The van der Waals surface area contributed by atoms with Gasteiger partial charge in [0.2, 0.25) is 5.91 Å². The number of hydrogen-bond acceptors (Lipinski definition) is 4. The minimum Gasteiger partial charge on any atom is -0.390 e. The molecule has 0 saturated heterocycles. The Labute approximate surface area is 210 Å². The fraction of sp³-hybridized carbons (Fsp3) is 0.393. The molecule has 0 fully saturated rings. The number of hydrogen-bond donors (Lipinski definition) is 3. The van der Waals surface area contributed by atoms with E-state index in [-0.39, 0.29) is 24.3 Å². The van der Waals surface area contributed by atoms with E-state index < -0.39 is 23.8 Å². The third-order valence-corrected chi connectivity index (χ3v) is 6.36. The van der Waals surface area contributed by atoms with Gasteiger partial charge in [-0.05, 0) is 81.1 Å². The smallest absolute Gasteiger partial charge is 0.217 e. The van der Waals surface area contributed by atoms with Crippen molar-refractivity contribution in [3.05, 3.63) is 81.5 Å². The molecule has 1 aromatic heterocycles. The molecular formula is C28H34F2N2O2S. The normalized spacial score (nSPS) is 13.5. The molecule has 2 aromatic carbocycles. The first-order chi connectivity index (χ1) is 16.5. The highest BCUT2D eigenvalue weighted by Crippen LogP contribution is 2.28. The van der Waals surface area contributed by atoms with Gasteiger partial charge in [0.05, 0.1) is 12.1 Å². The molecule has 1 heterocycles. The first-order valence-electron chi connectivity index (χ1n) is 11.8. The lowest BCUT2D eigenvalue weighted by molar-refractivity contribution is -0.120. The Bertz CT molecular complexity index is 1110. The minimum atomic E-state index is -0.948. The van der Waals surface area contributed by atoms with Gasteiger partial charge in [0, 0.05) is 26.1 Å². The number of aliphatic hydroxyl groups is 1. The van der Waals surface area contributed by atoms with Crippen molar-refractivity contribution in [3.63, 3.8) is 0 Å². The first kappa shape index (κ1) is 27.0. The highest BCUT2D eigenvalue weighted by atomic mass is 32.1. The molecular weight excluding hydrogens is 466 g/mol. The number of aliphatic hydroxyl groups excluding tert-OH is 1. The standard InChI is InChI=1S/C28H34F2N2O2S/c1-18(33)32-26(11-19-9-24(29)13-25(30)10-19)27(34)16-31-15-23-12-20(22-7-8-35-17-22)5-6-21(23)14-28(2,3)4/h5-10,12-13,17,26-27,31,34H,11,14-16H2,1-4H3,(H,32,33). The number of rotatable bonds is 10. The zero-order chi connectivity index (χ0) is 25.6. The first-order valence-corrected chi connectivity index (χ1v) is 12.7. The van der Waals surface area contributed by atoms with E-state index in [0.29, 0.717) is 12.1 Å². The molecule has 0 radical (unpaired) electrons. The summed E-state index contributed by atoms with van der Waals surface area (Å²) in [6.07, 6.45) is 0.0761. The molecule has 3 N–H and O–H groups in total. The fourth-order valence-electron chi connectivity index (χ4n) is 4.17. The van der Waals surface area contributed by atoms with Crippen molar-refractivity contribution < 1.29 is 18.7 Å². The van der Waals surface area contributed by atoms with Crippen LogP contribution in [0.3, 0.4) is 0 Å². The molecule has 0 bridgehead atoms. The van der Waals surface area contributed by atoms with Crippen LogP contribution in [-0.4, -0.2) is 29.7 Å². The monoisotopic (exact) mass is 500 g/mol. The predicted octanol–water partition coefficient (Wildman–Crippen LogP) is 5.48. The number of carbonyl (C=O) groups is 1. The Balaban J connectivity index is 1.72. The van der Waals surface area contributed by atoms with Gasteiger partial charge in [-0.25, -0.2) is 8.78 Å². The van der Waals surface area contributed by atoms with Gasteiger partial charge in [0.25, 0.3) is 0 Å². The summed E-state index contributed by atoms with van der Waals surface area (Å²) in [4.78, 5) is 11.7. The van der Waals surface area contributed by atoms with E-state index in [4.69, 9.17) is 0 Å². The van der Waals surface area contributed by atoms with Crippen LogP contribution in [0.15, 0.2) is 53.2 Å². The molecule has 2 atom stereocenters. The second-order valence-electron chi connectivity index (χ2n) is 10.2. The fourth-order valence-corrected chi connectivity index (χ4v) is 4.83. The minimum absolute atomic E-state index is 0.111. The number of nitrogens with one attached hydrogen (secondary N) is 2. The lowest BCUT2D eigenvalue weighted by atomic mass is 9.85. The lowest BCUT2D eigenvalue weighted by Gasteiger charge is -2.25. The van der Waals surface area contributed by atoms with Crippen LogP contribution in [0.4, 0.5) is 8.78 Å². The van der Waals surface area contributed by atoms with Gasteiger partial charge in [-0.1, -0.05) is 32.9 Å². The molecule has 35 heavy (non-hydrogen) atoms. The second-order valence-corrected chi connectivity index (χ2v) is 11.0. The third kappa shape index (κ3) is 8.53. The Morgan fingerprint density at radius 2 is 1.74 bits per heavy atom. The molecule has 7 heteroatoms. The maximum Gasteiger partial charge on any atom is 0.217 e. The molecule has 3 rings (SSSR count). The van der Waals surface area contributed by atoms with Crippen LogP contribution in [0.2, 0.25) is 0 Å². The zero-order valence-corrected chi connectivity index (χ0v) is 21.5. The number of benzene rings is 2. The van der Waals surface area contributed by atoms with Crippen molar-refractivity contribution in [1.29, 1.82) is 0 Å². The largest absolute Gasteiger partial charge is 0.390 e. The molecule has 0 aliphatic carbocycles. The van der Waals surface area contributed by atoms with Crippen LogP contribution >= 0.6 is 11.3 Å². The van der Waals surface area contributed by atoms with Crippen molar-refractivity contribution in [3.8, 4) is 11.1 Å². The Hall–Kier alpha value is -2.61. The predicted molar refractivity (Wildman–Crippen MR) is 138 cm³/mol. The van der Waals surface area contributed by atoms with Crippen LogP contribution in [0.1, 0.15) is 44.4 Å². The Kier molecular flexibility index (Phi) is 9.16. The molecule has 0 aliphatic rings. The summed E-state index contributed by atoms with van der Waals surface area (Å²) >= 11 is 1.66. The summed E-state index contributed by atoms with van der Waals surface area (Å²) in [5.74, 6) is -1.70. The summed E-state index contributed by atoms with van der Waals surface area (Å²) in [7, 11) is 0. The summed E-state index contributed by atoms with van der Waals surface area (Å²) in [6.45, 7) is 8.71. The highest BCUT2D eigenvalue weighted by Gasteiger charge is 2.22. The molecule has 0 aliphatic heterocycles. The van der Waals surface area contributed by atoms with Crippen molar-refractivity contribution >= 4 is 17.2 Å². The van der Waals surface area contributed by atoms with Gasteiger partial charge in [-0.15, -0.1) is 0 Å². The number of thiophene rings is 1. The van der Waals surface area contributed by atoms with Crippen molar-refractivity contribution in [1.82, 2.24) is 10.6 Å². The summed E-state index contributed by atoms with van der Waals surface area (Å²) in [6, 6.07) is 11.1. The number of amides is 1. The molecule has 0 spiro atoms. The van der Waals surface area contributed by atoms with Crippen LogP contribution in [0, 0.1) is 17.0 Å². The summed E-state index contributed by atoms with van der Waals surface area (Å²) in [5.41, 5.74) is 5.20. The van der Waals surface area contributed by atoms with Crippen molar-refractivity contribution in [2.24, 2.45) is 5.41 Å². The average molecular weight is 501 g/mol. The van der Waals surface area contributed by atoms with E-state index in [1.165, 1.54) is 30.2 Å². The highest BCUT2D eigenvalue weighted by molar-refractivity contribution is 7.08. The van der Waals surface area contributed by atoms with Crippen LogP contribution in [0.25, 0.3) is 11.1 Å². The van der Waals surface area contributed by atoms with Gasteiger partial charge in [-0.2, -0.15) is 11.3 Å². The van der Waals surface area contributed by atoms with Crippen molar-refractivity contribution in [2.75, 3.05) is 6.54 Å². The van der Waals surface area contributed by atoms with E-state index in [9.17, 15) is 18.7 Å². The molecule has 188 valence electrons. The SMILES string of the molecule is CC(=O)NC(Cc1cc(F)cc(F)c1)C(O)CNCc1cc(-c2ccsc2)ccc1CC(C)(C)C. The van der Waals surface area contributed by atoms with Gasteiger partial charge >= 0.3 is 0 Å². The van der Waals surface area contributed by atoms with Crippen molar-refractivity contribution in [2.45, 2.75) is 59.2 Å². The maximum atomic E-state index is 13.6. The van der Waals surface area contributed by atoms with Gasteiger partial charge < -0.3 is 15.7 Å². The molecule has 4 nitrogen and oxygen atoms in total. The zero-order valence-electron chi connectivity index (χ0n) is 20.7. The maximum absolute atomic E-state index is 13.6. The Morgan fingerprint density at radius 1 is 1.03 bits per heavy atom. The topological polar surface area (TPSA) is 61.4 Å². The molecule has 0 saturated carbocycles. The van der Waals surface area contributed by atoms with E-state index >= 15 is 0 Å². The molecule has 2 unspecified atom stereocenters. The van der Waals surface area contributed by atoms with Gasteiger partial charge in [0.15, 0.2) is 0 Å². The third-order valence-electron chi connectivity index (χ3n) is 5.68. The van der Waals surface area contributed by atoms with Crippen LogP contribution in [0.5, 0.6) is 0 Å². The lowest BCUT2D eigenvalue weighted by Crippen LogP contribution is -2.48. The Morgan fingerprint density at radius 3 is 2.34 bits per heavy atom. The van der Waals surface area contributed by atoms with Crippen LogP contribution < -0.4 is 10.6 Å². The number of carbonyl (C=O) groups excluding carboxylic acids is 1. The molecule has 1 amide bonds. The summed E-state index contributed by atoms with van der Waals surface area (Å²) in [5, 5.41) is 21.0. The van der Waals surface area contributed by atoms with E-state index in [1.54, 1.807) is 11.3 Å². The molecule has 3 aromatic rings. The quantitative estimate of drug-likeness (QED) is 0.346. The van der Waals surface area contributed by atoms with Gasteiger partial charge in [-0.3, -0.25) is 4.79 Å².